The van der Waals surface area contributed by atoms with Crippen LogP contribution in [0.25, 0.3) is 20.8 Å². The fourth-order valence-corrected chi connectivity index (χ4v) is 6.48. The monoisotopic (exact) mass is 452 g/mol. The summed E-state index contributed by atoms with van der Waals surface area (Å²) in [5.41, 5.74) is 5.98. The Hall–Kier alpha value is -2.02. The summed E-state index contributed by atoms with van der Waals surface area (Å²) in [6, 6.07) is 9.23. The first-order valence-corrected chi connectivity index (χ1v) is 12.6. The Kier molecular flexibility index (Phi) is 5.72. The van der Waals surface area contributed by atoms with Crippen LogP contribution < -0.4 is 14.8 Å². The Morgan fingerprint density at radius 2 is 1.53 bits per heavy atom. The number of hydrogen-bond acceptors (Lipinski definition) is 5. The van der Waals surface area contributed by atoms with Crippen LogP contribution in [0.15, 0.2) is 24.3 Å². The summed E-state index contributed by atoms with van der Waals surface area (Å²) in [7, 11) is 0. The molecule has 170 valence electrons. The smallest absolute Gasteiger partial charge is 0.201 e. The van der Waals surface area contributed by atoms with Crippen LogP contribution in [0.1, 0.15) is 38.8 Å². The first-order valence-electron chi connectivity index (χ1n) is 11.8. The molecule has 2 fully saturated rings. The first-order chi connectivity index (χ1) is 15.3. The number of hydrogen-bond donors (Lipinski definition) is 0. The van der Waals surface area contributed by atoms with E-state index in [0.717, 1.165) is 37.4 Å². The first kappa shape index (κ1) is 21.8. The Morgan fingerprint density at radius 3 is 2.22 bits per heavy atom. The molecule has 3 heterocycles. The van der Waals surface area contributed by atoms with E-state index in [9.17, 15) is 0 Å². The molecule has 2 saturated heterocycles. The van der Waals surface area contributed by atoms with Crippen molar-refractivity contribution in [2.75, 3.05) is 31.1 Å². The van der Waals surface area contributed by atoms with E-state index in [2.05, 4.69) is 75.3 Å². The average molecular weight is 453 g/mol. The lowest BCUT2D eigenvalue weighted by atomic mass is 10.1. The summed E-state index contributed by atoms with van der Waals surface area (Å²) in [4.78, 5) is 8.84. The minimum Gasteiger partial charge on any atom is -0.372 e. The van der Waals surface area contributed by atoms with Gasteiger partial charge in [-0.15, -0.1) is 11.3 Å². The molecule has 0 radical (unpaired) electrons. The highest BCUT2D eigenvalue weighted by atomic mass is 32.1. The van der Waals surface area contributed by atoms with Crippen LogP contribution >= 0.6 is 11.3 Å². The molecule has 0 bridgehead atoms. The van der Waals surface area contributed by atoms with Crippen molar-refractivity contribution in [2.24, 2.45) is 0 Å². The molecule has 1 aromatic carbocycles. The summed E-state index contributed by atoms with van der Waals surface area (Å²) < 4.78 is 15.6. The predicted molar refractivity (Wildman–Crippen MR) is 133 cm³/mol. The number of rotatable bonds is 1. The summed E-state index contributed by atoms with van der Waals surface area (Å²) in [6.45, 7) is 16.7. The molecule has 0 unspecified atom stereocenters. The van der Waals surface area contributed by atoms with Crippen LogP contribution in [0.2, 0.25) is 0 Å². The largest absolute Gasteiger partial charge is 0.372 e. The highest BCUT2D eigenvalue weighted by molar-refractivity contribution is 7.21. The Morgan fingerprint density at radius 1 is 0.875 bits per heavy atom. The van der Waals surface area contributed by atoms with Crippen molar-refractivity contribution >= 4 is 27.2 Å². The van der Waals surface area contributed by atoms with E-state index in [1.54, 1.807) is 0 Å². The maximum atomic E-state index is 5.95. The van der Waals surface area contributed by atoms with E-state index in [-0.39, 0.29) is 24.4 Å². The number of benzene rings is 2. The van der Waals surface area contributed by atoms with Gasteiger partial charge in [0.15, 0.2) is 13.1 Å². The van der Waals surface area contributed by atoms with Crippen LogP contribution in [0, 0.1) is 13.8 Å². The summed E-state index contributed by atoms with van der Waals surface area (Å²) in [5, 5.41) is 1.28. The zero-order valence-electron chi connectivity index (χ0n) is 20.0. The van der Waals surface area contributed by atoms with Gasteiger partial charge in [0, 0.05) is 30.9 Å². The third-order valence-electron chi connectivity index (χ3n) is 6.51. The average Bonchev–Trinajstić information content (AvgIpc) is 2.71. The Labute approximate surface area is 194 Å². The summed E-state index contributed by atoms with van der Waals surface area (Å²) >= 11 is 1.86. The van der Waals surface area contributed by atoms with Crippen molar-refractivity contribution < 1.29 is 9.47 Å². The van der Waals surface area contributed by atoms with Crippen molar-refractivity contribution in [3.8, 4) is 10.6 Å². The van der Waals surface area contributed by atoms with Gasteiger partial charge in [-0.1, -0.05) is 0 Å². The second kappa shape index (κ2) is 8.40. The van der Waals surface area contributed by atoms with Crippen LogP contribution in [0.4, 0.5) is 5.69 Å². The van der Waals surface area contributed by atoms with Gasteiger partial charge in [-0.05, 0) is 64.8 Å². The van der Waals surface area contributed by atoms with Gasteiger partial charge in [-0.25, -0.2) is 9.56 Å². The molecule has 5 nitrogen and oxygen atoms in total. The van der Waals surface area contributed by atoms with Crippen LogP contribution in [-0.2, 0) is 9.47 Å². The number of anilines is 1. The third-order valence-corrected chi connectivity index (χ3v) is 7.58. The SMILES string of the molecule is Cc1cc(=[N+]2C[C@@H](C)O[C@@H](C)C2)cc2sc3cc(N4C[C@H](C)O[C@@H](C)C4)cc(C)c3nc1-2. The predicted octanol–water partition coefficient (Wildman–Crippen LogP) is 4.21. The molecule has 0 amide bonds. The van der Waals surface area contributed by atoms with Gasteiger partial charge in [-0.2, -0.15) is 0 Å². The second-order valence-corrected chi connectivity index (χ2v) is 10.8. The quantitative estimate of drug-likeness (QED) is 0.409. The minimum atomic E-state index is 0.247. The standard InChI is InChI=1S/C26H34N3O2S/c1-15-7-21(28-11-17(3)30-18(4)12-28)9-23-25(15)27-26-16(2)8-22(10-24(26)32-23)29-13-19(5)31-20(6)14-29/h7-10,17-20H,11-14H2,1-6H3/q+1/t17-,18-,19-,20+/m0/s1. The molecule has 4 atom stereocenters. The van der Waals surface area contributed by atoms with Gasteiger partial charge in [0.2, 0.25) is 5.36 Å². The third kappa shape index (κ3) is 4.16. The second-order valence-electron chi connectivity index (χ2n) is 9.76. The molecule has 0 saturated carbocycles. The number of ether oxygens (including phenoxy) is 2. The van der Waals surface area contributed by atoms with Gasteiger partial charge in [-0.3, -0.25) is 0 Å². The molecule has 0 spiro atoms. The van der Waals surface area contributed by atoms with Gasteiger partial charge < -0.3 is 14.4 Å². The fourth-order valence-electron chi connectivity index (χ4n) is 5.27. The molecule has 5 rings (SSSR count). The zero-order chi connectivity index (χ0) is 22.6. The zero-order valence-corrected chi connectivity index (χ0v) is 20.8. The highest BCUT2D eigenvalue weighted by Crippen LogP contribution is 2.36. The fraction of sp³-hybridized carbons (Fsp3) is 0.538. The van der Waals surface area contributed by atoms with E-state index in [0.29, 0.717) is 0 Å². The van der Waals surface area contributed by atoms with Crippen molar-refractivity contribution in [3.63, 3.8) is 0 Å². The lowest BCUT2D eigenvalue weighted by Gasteiger charge is -2.37. The van der Waals surface area contributed by atoms with E-state index < -0.39 is 0 Å². The summed E-state index contributed by atoms with van der Waals surface area (Å²) in [5.74, 6) is 0. The van der Waals surface area contributed by atoms with Crippen molar-refractivity contribution in [1.82, 2.24) is 9.56 Å². The number of aromatic nitrogens is 1. The van der Waals surface area contributed by atoms with Crippen LogP contribution in [0.5, 0.6) is 0 Å². The maximum Gasteiger partial charge on any atom is 0.201 e. The Balaban J connectivity index is 1.64. The molecule has 3 aliphatic heterocycles. The molecule has 32 heavy (non-hydrogen) atoms. The number of aryl methyl sites for hydroxylation is 2. The molecular weight excluding hydrogens is 418 g/mol. The van der Waals surface area contributed by atoms with Gasteiger partial charge in [0.1, 0.15) is 12.2 Å². The van der Waals surface area contributed by atoms with Crippen LogP contribution in [0.3, 0.4) is 0 Å². The molecule has 4 aliphatic rings. The van der Waals surface area contributed by atoms with E-state index in [1.807, 2.05) is 11.3 Å². The molecule has 0 N–H and O–H groups in total. The van der Waals surface area contributed by atoms with E-state index >= 15 is 0 Å². The summed E-state index contributed by atoms with van der Waals surface area (Å²) in [6.07, 6.45) is 0.988. The molecule has 1 aromatic rings. The van der Waals surface area contributed by atoms with Crippen molar-refractivity contribution in [3.05, 3.63) is 40.7 Å². The van der Waals surface area contributed by atoms with Crippen molar-refractivity contribution in [2.45, 2.75) is 66.0 Å². The normalized spacial score (nSPS) is 28.5. The number of morpholine rings is 2. The van der Waals surface area contributed by atoms with Gasteiger partial charge >= 0.3 is 0 Å². The minimum absolute atomic E-state index is 0.247. The highest BCUT2D eigenvalue weighted by Gasteiger charge is 2.26. The lowest BCUT2D eigenvalue weighted by molar-refractivity contribution is -0.0262. The molecule has 6 heteroatoms. The van der Waals surface area contributed by atoms with Gasteiger partial charge in [0.25, 0.3) is 0 Å². The number of fused-ring (bicyclic) bond motifs is 2. The van der Waals surface area contributed by atoms with Gasteiger partial charge in [0.05, 0.1) is 33.0 Å². The van der Waals surface area contributed by atoms with E-state index in [4.69, 9.17) is 14.5 Å². The maximum absolute atomic E-state index is 5.95. The van der Waals surface area contributed by atoms with E-state index in [1.165, 1.54) is 31.7 Å². The van der Waals surface area contributed by atoms with Crippen LogP contribution in [-0.4, -0.2) is 55.6 Å². The van der Waals surface area contributed by atoms with Crippen molar-refractivity contribution in [1.29, 1.82) is 0 Å². The molecule has 0 aromatic heterocycles. The molecular formula is C26H34N3O2S+. The topological polar surface area (TPSA) is 37.6 Å². The number of nitrogens with zero attached hydrogens (tertiary/aromatic N) is 3. The molecule has 1 aliphatic carbocycles. The lowest BCUT2D eigenvalue weighted by Crippen LogP contribution is -2.47. The Bertz CT molecular complexity index is 1180.